The molecule has 4 atom stereocenters. The Bertz CT molecular complexity index is 785. The van der Waals surface area contributed by atoms with Crippen LogP contribution in [0.1, 0.15) is 65.7 Å². The van der Waals surface area contributed by atoms with Crippen LogP contribution in [0.3, 0.4) is 0 Å². The summed E-state index contributed by atoms with van der Waals surface area (Å²) in [4.78, 5) is 12.3. The van der Waals surface area contributed by atoms with Gasteiger partial charge >= 0.3 is 5.97 Å². The quantitative estimate of drug-likeness (QED) is 0.215. The minimum atomic E-state index is -2.07. The molecule has 0 amide bonds. The highest BCUT2D eigenvalue weighted by Gasteiger charge is 2.46. The Morgan fingerprint density at radius 2 is 1.91 bits per heavy atom. The van der Waals surface area contributed by atoms with E-state index in [1.165, 1.54) is 0 Å². The van der Waals surface area contributed by atoms with Crippen molar-refractivity contribution in [3.8, 4) is 5.75 Å². The number of rotatable bonds is 11. The van der Waals surface area contributed by atoms with Crippen molar-refractivity contribution in [3.05, 3.63) is 42.5 Å². The van der Waals surface area contributed by atoms with Crippen LogP contribution < -0.4 is 4.74 Å². The summed E-state index contributed by atoms with van der Waals surface area (Å²) in [7, 11) is -0.431. The first-order valence-corrected chi connectivity index (χ1v) is 14.7. The van der Waals surface area contributed by atoms with E-state index in [1.807, 2.05) is 38.1 Å². The van der Waals surface area contributed by atoms with Crippen LogP contribution in [0.4, 0.5) is 0 Å². The van der Waals surface area contributed by atoms with Crippen molar-refractivity contribution in [2.45, 2.75) is 96.1 Å². The summed E-state index contributed by atoms with van der Waals surface area (Å²) in [5.41, 5.74) is 0.336. The molecule has 1 aromatic rings. The zero-order chi connectivity index (χ0) is 24.9. The van der Waals surface area contributed by atoms with E-state index in [9.17, 15) is 4.79 Å². The third-order valence-electron chi connectivity index (χ3n) is 6.78. The molecular formula is C26H42O6Si. The molecule has 0 radical (unpaired) electrons. The van der Waals surface area contributed by atoms with E-state index in [-0.39, 0.29) is 29.6 Å². The van der Waals surface area contributed by atoms with E-state index in [2.05, 4.69) is 40.4 Å². The summed E-state index contributed by atoms with van der Waals surface area (Å²) >= 11 is 0. The van der Waals surface area contributed by atoms with Crippen LogP contribution in [0.2, 0.25) is 18.1 Å². The zero-order valence-corrected chi connectivity index (χ0v) is 22.6. The smallest absolute Gasteiger partial charge is 0.308 e. The standard InChI is InChI=1S/C26H42O6Si/c1-10-22-26(6,31-24(30-22)19-12-14-20(28-7)15-13-19)17-16-21(18-23(27)29-11-2)32-33(8,9)25(3,4)5/h10,12-15,21-22,24H,1,11,16-18H2,2-9H3/t21?,22-,24?,26+/m0/s1. The Morgan fingerprint density at radius 3 is 2.42 bits per heavy atom. The fourth-order valence-corrected chi connectivity index (χ4v) is 5.07. The van der Waals surface area contributed by atoms with Gasteiger partial charge in [0.05, 0.1) is 31.8 Å². The summed E-state index contributed by atoms with van der Waals surface area (Å²) in [6, 6.07) is 7.67. The zero-order valence-electron chi connectivity index (χ0n) is 21.6. The molecule has 2 rings (SSSR count). The van der Waals surface area contributed by atoms with Gasteiger partial charge in [-0.2, -0.15) is 0 Å². The average molecular weight is 479 g/mol. The number of hydrogen-bond acceptors (Lipinski definition) is 6. The lowest BCUT2D eigenvalue weighted by Crippen LogP contribution is -2.45. The highest BCUT2D eigenvalue weighted by atomic mass is 28.4. The molecule has 7 heteroatoms. The lowest BCUT2D eigenvalue weighted by Gasteiger charge is -2.40. The molecule has 1 heterocycles. The first-order chi connectivity index (χ1) is 15.3. The minimum absolute atomic E-state index is 0.0416. The normalized spacial score (nSPS) is 24.4. The van der Waals surface area contributed by atoms with Crippen LogP contribution in [0, 0.1) is 0 Å². The third kappa shape index (κ3) is 7.15. The second-order valence-corrected chi connectivity index (χ2v) is 15.1. The predicted molar refractivity (Wildman–Crippen MR) is 133 cm³/mol. The molecule has 1 aliphatic heterocycles. The Balaban J connectivity index is 2.15. The molecular weight excluding hydrogens is 436 g/mol. The Hall–Kier alpha value is -1.67. The van der Waals surface area contributed by atoms with Crippen molar-refractivity contribution in [1.82, 2.24) is 0 Å². The van der Waals surface area contributed by atoms with Crippen LogP contribution in [-0.4, -0.2) is 45.8 Å². The van der Waals surface area contributed by atoms with Gasteiger partial charge in [0.25, 0.3) is 0 Å². The Kier molecular flexibility index (Phi) is 9.33. The molecule has 186 valence electrons. The van der Waals surface area contributed by atoms with Gasteiger partial charge in [0.1, 0.15) is 11.9 Å². The SMILES string of the molecule is C=C[C@@H]1OC(c2ccc(OC)cc2)O[C@]1(C)CCC(CC(=O)OCC)O[Si](C)(C)C(C)(C)C. The molecule has 1 aromatic carbocycles. The van der Waals surface area contributed by atoms with Gasteiger partial charge in [-0.15, -0.1) is 6.58 Å². The van der Waals surface area contributed by atoms with E-state index in [1.54, 1.807) is 13.2 Å². The van der Waals surface area contributed by atoms with E-state index < -0.39 is 20.2 Å². The molecule has 1 fully saturated rings. The monoisotopic (exact) mass is 478 g/mol. The molecule has 0 aliphatic carbocycles. The van der Waals surface area contributed by atoms with Crippen molar-refractivity contribution < 1.29 is 28.2 Å². The first kappa shape index (κ1) is 27.6. The molecule has 0 N–H and O–H groups in total. The van der Waals surface area contributed by atoms with Gasteiger partial charge in [0.2, 0.25) is 0 Å². The minimum Gasteiger partial charge on any atom is -0.497 e. The molecule has 0 bridgehead atoms. The number of benzene rings is 1. The van der Waals surface area contributed by atoms with Crippen LogP contribution in [-0.2, 0) is 23.4 Å². The Labute approximate surface area is 200 Å². The van der Waals surface area contributed by atoms with E-state index in [4.69, 9.17) is 23.4 Å². The number of carbonyl (C=O) groups excluding carboxylic acids is 1. The summed E-state index contributed by atoms with van der Waals surface area (Å²) in [5.74, 6) is 0.552. The van der Waals surface area contributed by atoms with Gasteiger partial charge < -0.3 is 23.4 Å². The molecule has 1 saturated heterocycles. The van der Waals surface area contributed by atoms with Gasteiger partial charge in [0.15, 0.2) is 14.6 Å². The summed E-state index contributed by atoms with van der Waals surface area (Å²) in [6.07, 6.45) is 2.33. The molecule has 1 aliphatic rings. The van der Waals surface area contributed by atoms with Gasteiger partial charge in [-0.3, -0.25) is 4.79 Å². The number of hydrogen-bond donors (Lipinski definition) is 0. The number of ether oxygens (including phenoxy) is 4. The van der Waals surface area contributed by atoms with Gasteiger partial charge in [0, 0.05) is 5.56 Å². The van der Waals surface area contributed by atoms with E-state index in [0.717, 1.165) is 11.3 Å². The maximum atomic E-state index is 12.3. The van der Waals surface area contributed by atoms with Gasteiger partial charge in [-0.1, -0.05) is 39.0 Å². The molecule has 0 saturated carbocycles. The molecule has 2 unspecified atom stereocenters. The van der Waals surface area contributed by atoms with Crippen LogP contribution >= 0.6 is 0 Å². The van der Waals surface area contributed by atoms with E-state index >= 15 is 0 Å². The number of esters is 1. The van der Waals surface area contributed by atoms with Crippen molar-refractivity contribution in [2.75, 3.05) is 13.7 Å². The number of carbonyl (C=O) groups is 1. The molecule has 0 aromatic heterocycles. The largest absolute Gasteiger partial charge is 0.497 e. The molecule has 6 nitrogen and oxygen atoms in total. The fraction of sp³-hybridized carbons (Fsp3) is 0.654. The average Bonchev–Trinajstić information content (AvgIpc) is 3.08. The maximum absolute atomic E-state index is 12.3. The molecule has 33 heavy (non-hydrogen) atoms. The second kappa shape index (κ2) is 11.2. The van der Waals surface area contributed by atoms with Crippen molar-refractivity contribution in [2.24, 2.45) is 0 Å². The van der Waals surface area contributed by atoms with E-state index in [0.29, 0.717) is 19.4 Å². The Morgan fingerprint density at radius 1 is 1.27 bits per heavy atom. The highest BCUT2D eigenvalue weighted by Crippen LogP contribution is 2.43. The topological polar surface area (TPSA) is 63.2 Å². The van der Waals surface area contributed by atoms with Crippen molar-refractivity contribution in [1.29, 1.82) is 0 Å². The lowest BCUT2D eigenvalue weighted by molar-refractivity contribution is -0.145. The van der Waals surface area contributed by atoms with Crippen LogP contribution in [0.15, 0.2) is 36.9 Å². The first-order valence-electron chi connectivity index (χ1n) is 11.8. The maximum Gasteiger partial charge on any atom is 0.308 e. The summed E-state index contributed by atoms with van der Waals surface area (Å²) in [5, 5.41) is 0.0416. The van der Waals surface area contributed by atoms with Crippen LogP contribution in [0.25, 0.3) is 0 Å². The van der Waals surface area contributed by atoms with Crippen LogP contribution in [0.5, 0.6) is 5.75 Å². The summed E-state index contributed by atoms with van der Waals surface area (Å²) in [6.45, 7) is 19.2. The molecule has 0 spiro atoms. The van der Waals surface area contributed by atoms with Gasteiger partial charge in [-0.25, -0.2) is 0 Å². The van der Waals surface area contributed by atoms with Crippen molar-refractivity contribution >= 4 is 14.3 Å². The van der Waals surface area contributed by atoms with Crippen molar-refractivity contribution in [3.63, 3.8) is 0 Å². The lowest BCUT2D eigenvalue weighted by atomic mass is 9.91. The predicted octanol–water partition coefficient (Wildman–Crippen LogP) is 6.18. The van der Waals surface area contributed by atoms with Gasteiger partial charge in [-0.05, 0) is 57.0 Å². The number of methoxy groups -OCH3 is 1. The highest BCUT2D eigenvalue weighted by molar-refractivity contribution is 6.74. The third-order valence-corrected chi connectivity index (χ3v) is 11.3. The second-order valence-electron chi connectivity index (χ2n) is 10.4. The summed E-state index contributed by atoms with van der Waals surface area (Å²) < 4.78 is 29.7. The fourth-order valence-electron chi connectivity index (χ4n) is 3.68.